The highest BCUT2D eigenvalue weighted by molar-refractivity contribution is 7.87. The van der Waals surface area contributed by atoms with Crippen molar-refractivity contribution in [2.75, 3.05) is 19.7 Å². The lowest BCUT2D eigenvalue weighted by atomic mass is 9.78. The summed E-state index contributed by atoms with van der Waals surface area (Å²) in [6.07, 6.45) is 5.39. The molecular weight excluding hydrogens is 276 g/mol. The summed E-state index contributed by atoms with van der Waals surface area (Å²) in [6.45, 7) is 5.36. The van der Waals surface area contributed by atoms with Gasteiger partial charge in [-0.1, -0.05) is 26.7 Å². The van der Waals surface area contributed by atoms with E-state index in [0.717, 1.165) is 38.5 Å². The maximum absolute atomic E-state index is 12.5. The zero-order valence-corrected chi connectivity index (χ0v) is 13.5. The van der Waals surface area contributed by atoms with E-state index in [9.17, 15) is 13.5 Å². The summed E-state index contributed by atoms with van der Waals surface area (Å²) in [6, 6.07) is 0. The van der Waals surface area contributed by atoms with E-state index in [1.54, 1.807) is 4.31 Å². The van der Waals surface area contributed by atoms with E-state index in [0.29, 0.717) is 24.9 Å². The molecule has 1 saturated carbocycles. The fourth-order valence-electron chi connectivity index (χ4n) is 3.49. The largest absolute Gasteiger partial charge is 0.394 e. The Bertz CT molecular complexity index is 418. The zero-order valence-electron chi connectivity index (χ0n) is 12.6. The third-order valence-electron chi connectivity index (χ3n) is 4.82. The smallest absolute Gasteiger partial charge is 0.280 e. The van der Waals surface area contributed by atoms with Gasteiger partial charge in [0.25, 0.3) is 10.2 Å². The molecule has 0 aromatic rings. The van der Waals surface area contributed by atoms with E-state index in [1.165, 1.54) is 0 Å². The summed E-state index contributed by atoms with van der Waals surface area (Å²) in [7, 11) is -3.48. The summed E-state index contributed by atoms with van der Waals surface area (Å²) in [5.74, 6) is 1.06. The van der Waals surface area contributed by atoms with Gasteiger partial charge in [0.15, 0.2) is 0 Å². The number of aliphatic hydroxyl groups is 1. The van der Waals surface area contributed by atoms with Crippen molar-refractivity contribution in [1.29, 1.82) is 0 Å². The van der Waals surface area contributed by atoms with Gasteiger partial charge in [-0.25, -0.2) is 0 Å². The highest BCUT2D eigenvalue weighted by Crippen LogP contribution is 2.33. The Balaban J connectivity index is 2.05. The van der Waals surface area contributed by atoms with Crippen LogP contribution in [-0.4, -0.2) is 43.1 Å². The van der Waals surface area contributed by atoms with Gasteiger partial charge in [0.2, 0.25) is 0 Å². The normalized spacial score (nSPS) is 34.2. The van der Waals surface area contributed by atoms with Gasteiger partial charge in [-0.2, -0.15) is 17.4 Å². The van der Waals surface area contributed by atoms with Gasteiger partial charge in [0, 0.05) is 13.1 Å². The Kier molecular flexibility index (Phi) is 5.10. The number of hydrogen-bond donors (Lipinski definition) is 2. The lowest BCUT2D eigenvalue weighted by Gasteiger charge is -2.41. The fourth-order valence-corrected chi connectivity index (χ4v) is 5.11. The molecule has 0 amide bonds. The number of hydrogen-bond acceptors (Lipinski definition) is 3. The first-order valence-electron chi connectivity index (χ1n) is 7.77. The lowest BCUT2D eigenvalue weighted by molar-refractivity contribution is 0.117. The first-order valence-corrected chi connectivity index (χ1v) is 9.21. The minimum absolute atomic E-state index is 0.110. The summed E-state index contributed by atoms with van der Waals surface area (Å²) < 4.78 is 29.4. The second-order valence-corrected chi connectivity index (χ2v) is 8.50. The standard InChI is InChI=1S/C14H28N2O3S/c1-12-5-8-16(9-6-12)20(18,19)15-14(11-17)7-3-4-13(2)10-14/h12-13,15,17H,3-11H2,1-2H3. The predicted octanol–water partition coefficient (Wildman–Crippen LogP) is 1.49. The van der Waals surface area contributed by atoms with E-state index in [1.807, 2.05) is 0 Å². The Morgan fingerprint density at radius 1 is 1.20 bits per heavy atom. The Morgan fingerprint density at radius 3 is 2.40 bits per heavy atom. The summed E-state index contributed by atoms with van der Waals surface area (Å²) in [5, 5.41) is 9.72. The molecule has 0 aromatic heterocycles. The molecule has 2 aliphatic rings. The molecular formula is C14H28N2O3S. The van der Waals surface area contributed by atoms with Crippen LogP contribution in [0.4, 0.5) is 0 Å². The monoisotopic (exact) mass is 304 g/mol. The molecule has 1 aliphatic carbocycles. The molecule has 6 heteroatoms. The maximum atomic E-state index is 12.5. The first-order chi connectivity index (χ1) is 9.37. The second-order valence-electron chi connectivity index (χ2n) is 6.83. The van der Waals surface area contributed by atoms with Gasteiger partial charge in [0.05, 0.1) is 12.1 Å². The van der Waals surface area contributed by atoms with Crippen molar-refractivity contribution in [3.05, 3.63) is 0 Å². The molecule has 20 heavy (non-hydrogen) atoms. The van der Waals surface area contributed by atoms with Gasteiger partial charge in [-0.05, 0) is 37.5 Å². The molecule has 1 aliphatic heterocycles. The van der Waals surface area contributed by atoms with Crippen LogP contribution in [0.1, 0.15) is 52.4 Å². The van der Waals surface area contributed by atoms with Crippen LogP contribution < -0.4 is 4.72 Å². The van der Waals surface area contributed by atoms with Crippen LogP contribution in [0.3, 0.4) is 0 Å². The second kappa shape index (κ2) is 6.30. The average molecular weight is 304 g/mol. The molecule has 2 rings (SSSR count). The van der Waals surface area contributed by atoms with Gasteiger partial charge in [-0.15, -0.1) is 0 Å². The minimum Gasteiger partial charge on any atom is -0.394 e. The average Bonchev–Trinajstić information content (AvgIpc) is 2.38. The third-order valence-corrected chi connectivity index (χ3v) is 6.56. The topological polar surface area (TPSA) is 69.6 Å². The number of piperidine rings is 1. The predicted molar refractivity (Wildman–Crippen MR) is 79.5 cm³/mol. The van der Waals surface area contributed by atoms with Crippen molar-refractivity contribution < 1.29 is 13.5 Å². The van der Waals surface area contributed by atoms with E-state index in [-0.39, 0.29) is 6.61 Å². The van der Waals surface area contributed by atoms with Crippen molar-refractivity contribution in [3.8, 4) is 0 Å². The number of nitrogens with one attached hydrogen (secondary N) is 1. The number of aliphatic hydroxyl groups excluding tert-OH is 1. The molecule has 118 valence electrons. The molecule has 2 N–H and O–H groups in total. The molecule has 2 unspecified atom stereocenters. The van der Waals surface area contributed by atoms with Crippen LogP contribution in [0.2, 0.25) is 0 Å². The number of nitrogens with zero attached hydrogens (tertiary/aromatic N) is 1. The summed E-state index contributed by atoms with van der Waals surface area (Å²) >= 11 is 0. The van der Waals surface area contributed by atoms with Crippen LogP contribution in [0.15, 0.2) is 0 Å². The fraction of sp³-hybridized carbons (Fsp3) is 1.00. The number of rotatable bonds is 4. The van der Waals surface area contributed by atoms with Gasteiger partial charge in [0.1, 0.15) is 0 Å². The van der Waals surface area contributed by atoms with Gasteiger partial charge in [-0.3, -0.25) is 0 Å². The molecule has 1 saturated heterocycles. The highest BCUT2D eigenvalue weighted by Gasteiger charge is 2.40. The molecule has 0 bridgehead atoms. The van der Waals surface area contributed by atoms with Crippen molar-refractivity contribution in [2.45, 2.75) is 57.9 Å². The minimum atomic E-state index is -3.48. The maximum Gasteiger partial charge on any atom is 0.280 e. The van der Waals surface area contributed by atoms with Crippen LogP contribution in [0.25, 0.3) is 0 Å². The van der Waals surface area contributed by atoms with E-state index >= 15 is 0 Å². The van der Waals surface area contributed by atoms with E-state index in [2.05, 4.69) is 18.6 Å². The van der Waals surface area contributed by atoms with Crippen molar-refractivity contribution >= 4 is 10.2 Å². The summed E-state index contributed by atoms with van der Waals surface area (Å²) in [4.78, 5) is 0. The highest BCUT2D eigenvalue weighted by atomic mass is 32.2. The van der Waals surface area contributed by atoms with Crippen molar-refractivity contribution in [2.24, 2.45) is 11.8 Å². The van der Waals surface area contributed by atoms with Crippen LogP contribution in [-0.2, 0) is 10.2 Å². The molecule has 0 spiro atoms. The molecule has 1 heterocycles. The van der Waals surface area contributed by atoms with Crippen molar-refractivity contribution in [3.63, 3.8) is 0 Å². The van der Waals surface area contributed by atoms with E-state index in [4.69, 9.17) is 0 Å². The first kappa shape index (κ1) is 16.2. The van der Waals surface area contributed by atoms with Gasteiger partial charge >= 0.3 is 0 Å². The van der Waals surface area contributed by atoms with Gasteiger partial charge < -0.3 is 5.11 Å². The van der Waals surface area contributed by atoms with Crippen LogP contribution >= 0.6 is 0 Å². The van der Waals surface area contributed by atoms with Crippen LogP contribution in [0, 0.1) is 11.8 Å². The molecule has 2 fully saturated rings. The SMILES string of the molecule is CC1CCN(S(=O)(=O)NC2(CO)CCCC(C)C2)CC1. The molecule has 5 nitrogen and oxygen atoms in total. The Hall–Kier alpha value is -0.170. The Morgan fingerprint density at radius 2 is 1.85 bits per heavy atom. The lowest BCUT2D eigenvalue weighted by Crippen LogP contribution is -2.58. The molecule has 0 aromatic carbocycles. The summed E-state index contributed by atoms with van der Waals surface area (Å²) in [5.41, 5.74) is -0.653. The Labute approximate surface area is 122 Å². The zero-order chi connectivity index (χ0) is 14.8. The third kappa shape index (κ3) is 3.72. The van der Waals surface area contributed by atoms with Crippen LogP contribution in [0.5, 0.6) is 0 Å². The van der Waals surface area contributed by atoms with E-state index < -0.39 is 15.7 Å². The molecule has 0 radical (unpaired) electrons. The quantitative estimate of drug-likeness (QED) is 0.827. The molecule has 2 atom stereocenters. The van der Waals surface area contributed by atoms with Crippen molar-refractivity contribution in [1.82, 2.24) is 9.03 Å².